The second-order valence-electron chi connectivity index (χ2n) is 4.87. The van der Waals surface area contributed by atoms with E-state index in [1.54, 1.807) is 0 Å². The fourth-order valence-corrected chi connectivity index (χ4v) is 3.33. The molecule has 2 N–H and O–H groups in total. The largest absolute Gasteiger partial charge is 0.329 e. The van der Waals surface area contributed by atoms with Gasteiger partial charge in [-0.25, -0.2) is 0 Å². The second-order valence-corrected chi connectivity index (χ2v) is 6.13. The monoisotopic (exact) mass is 330 g/mol. The van der Waals surface area contributed by atoms with Crippen LogP contribution in [0, 0.1) is 0 Å². The summed E-state index contributed by atoms with van der Waals surface area (Å²) in [4.78, 5) is 2.54. The molecule has 0 aromatic heterocycles. The maximum atomic E-state index is 6.19. The Labute approximate surface area is 123 Å². The Hall–Kier alpha value is -0.0900. The molecule has 1 aromatic carbocycles. The molecule has 0 saturated carbocycles. The molecule has 1 aliphatic heterocycles. The van der Waals surface area contributed by atoms with E-state index in [0.717, 1.165) is 16.0 Å². The fourth-order valence-electron chi connectivity index (χ4n) is 2.89. The van der Waals surface area contributed by atoms with Crippen LogP contribution in [0.2, 0.25) is 5.02 Å². The number of benzene rings is 1. The van der Waals surface area contributed by atoms with Gasteiger partial charge in [0.25, 0.3) is 0 Å². The SMILES string of the molecule is CCC1CCCN1C(CN)c1ccc(Br)c(Cl)c1. The lowest BCUT2D eigenvalue weighted by molar-refractivity contribution is 0.180. The number of nitrogens with two attached hydrogens (primary N) is 1. The van der Waals surface area contributed by atoms with Crippen molar-refractivity contribution in [1.82, 2.24) is 4.90 Å². The Balaban J connectivity index is 2.24. The average molecular weight is 332 g/mol. The summed E-state index contributed by atoms with van der Waals surface area (Å²) in [5, 5.41) is 0.762. The van der Waals surface area contributed by atoms with Crippen LogP contribution in [-0.4, -0.2) is 24.0 Å². The van der Waals surface area contributed by atoms with Crippen molar-refractivity contribution in [2.75, 3.05) is 13.1 Å². The van der Waals surface area contributed by atoms with E-state index in [0.29, 0.717) is 18.6 Å². The molecule has 2 atom stereocenters. The topological polar surface area (TPSA) is 29.3 Å². The summed E-state index contributed by atoms with van der Waals surface area (Å²) in [7, 11) is 0. The molecule has 1 saturated heterocycles. The Morgan fingerprint density at radius 1 is 1.56 bits per heavy atom. The van der Waals surface area contributed by atoms with Crippen molar-refractivity contribution in [2.45, 2.75) is 38.3 Å². The predicted octanol–water partition coefficient (Wildman–Crippen LogP) is 3.98. The van der Waals surface area contributed by atoms with E-state index in [-0.39, 0.29) is 0 Å². The number of rotatable bonds is 4. The highest BCUT2D eigenvalue weighted by atomic mass is 79.9. The highest BCUT2D eigenvalue weighted by molar-refractivity contribution is 9.10. The van der Waals surface area contributed by atoms with Crippen LogP contribution >= 0.6 is 27.5 Å². The zero-order valence-electron chi connectivity index (χ0n) is 10.7. The lowest BCUT2D eigenvalue weighted by Gasteiger charge is -2.32. The first-order valence-corrected chi connectivity index (χ1v) is 7.75. The third kappa shape index (κ3) is 2.90. The normalized spacial score (nSPS) is 22.3. The van der Waals surface area contributed by atoms with Crippen LogP contribution in [0.5, 0.6) is 0 Å². The van der Waals surface area contributed by atoms with Gasteiger partial charge in [0.2, 0.25) is 0 Å². The summed E-state index contributed by atoms with van der Waals surface area (Å²) in [6, 6.07) is 7.13. The maximum absolute atomic E-state index is 6.19. The molecule has 0 amide bonds. The number of likely N-dealkylation sites (tertiary alicyclic amines) is 1. The van der Waals surface area contributed by atoms with Gasteiger partial charge in [-0.3, -0.25) is 4.90 Å². The van der Waals surface area contributed by atoms with Crippen LogP contribution in [-0.2, 0) is 0 Å². The van der Waals surface area contributed by atoms with Gasteiger partial charge >= 0.3 is 0 Å². The Kier molecular flexibility index (Phi) is 5.07. The van der Waals surface area contributed by atoms with Crippen LogP contribution in [0.25, 0.3) is 0 Å². The molecule has 1 aromatic rings. The molecular weight excluding hydrogens is 312 g/mol. The lowest BCUT2D eigenvalue weighted by Crippen LogP contribution is -2.37. The second kappa shape index (κ2) is 6.38. The molecule has 1 heterocycles. The summed E-state index contributed by atoms with van der Waals surface area (Å²) in [6.07, 6.45) is 3.76. The average Bonchev–Trinajstić information content (AvgIpc) is 2.83. The van der Waals surface area contributed by atoms with Gasteiger partial charge in [0.15, 0.2) is 0 Å². The Morgan fingerprint density at radius 2 is 2.33 bits per heavy atom. The summed E-state index contributed by atoms with van der Waals surface area (Å²) in [6.45, 7) is 4.05. The standard InChI is InChI=1S/C14H20BrClN2/c1-2-11-4-3-7-18(11)14(9-17)10-5-6-12(15)13(16)8-10/h5-6,8,11,14H,2-4,7,9,17H2,1H3. The molecule has 2 nitrogen and oxygen atoms in total. The minimum Gasteiger partial charge on any atom is -0.329 e. The third-order valence-corrected chi connectivity index (χ3v) is 5.08. The maximum Gasteiger partial charge on any atom is 0.0551 e. The minimum atomic E-state index is 0.294. The summed E-state index contributed by atoms with van der Waals surface area (Å²) in [5.74, 6) is 0. The van der Waals surface area contributed by atoms with Gasteiger partial charge in [0.05, 0.1) is 5.02 Å². The molecule has 1 fully saturated rings. The van der Waals surface area contributed by atoms with Crippen molar-refractivity contribution in [1.29, 1.82) is 0 Å². The highest BCUT2D eigenvalue weighted by Crippen LogP contribution is 2.33. The van der Waals surface area contributed by atoms with Crippen LogP contribution in [0.3, 0.4) is 0 Å². The summed E-state index contributed by atoms with van der Waals surface area (Å²) >= 11 is 9.62. The molecule has 0 aliphatic carbocycles. The van der Waals surface area contributed by atoms with E-state index < -0.39 is 0 Å². The predicted molar refractivity (Wildman–Crippen MR) is 81.0 cm³/mol. The lowest BCUT2D eigenvalue weighted by atomic mass is 10.0. The molecule has 2 unspecified atom stereocenters. The van der Waals surface area contributed by atoms with Crippen molar-refractivity contribution in [3.63, 3.8) is 0 Å². The van der Waals surface area contributed by atoms with E-state index in [1.165, 1.54) is 24.8 Å². The van der Waals surface area contributed by atoms with Crippen LogP contribution in [0.1, 0.15) is 37.8 Å². The first kappa shape index (κ1) is 14.3. The van der Waals surface area contributed by atoms with Crippen molar-refractivity contribution < 1.29 is 0 Å². The number of hydrogen-bond acceptors (Lipinski definition) is 2. The van der Waals surface area contributed by atoms with Gasteiger partial charge in [-0.2, -0.15) is 0 Å². The highest BCUT2D eigenvalue weighted by Gasteiger charge is 2.29. The van der Waals surface area contributed by atoms with Crippen molar-refractivity contribution in [2.24, 2.45) is 5.73 Å². The quantitative estimate of drug-likeness (QED) is 0.904. The fraction of sp³-hybridized carbons (Fsp3) is 0.571. The van der Waals surface area contributed by atoms with Gasteiger partial charge in [-0.1, -0.05) is 24.6 Å². The van der Waals surface area contributed by atoms with Crippen LogP contribution in [0.4, 0.5) is 0 Å². The van der Waals surface area contributed by atoms with Crippen molar-refractivity contribution in [3.8, 4) is 0 Å². The Bertz CT molecular complexity index is 411. The Morgan fingerprint density at radius 3 is 2.94 bits per heavy atom. The molecule has 1 aliphatic rings. The van der Waals surface area contributed by atoms with E-state index in [9.17, 15) is 0 Å². The molecule has 0 radical (unpaired) electrons. The zero-order chi connectivity index (χ0) is 13.1. The minimum absolute atomic E-state index is 0.294. The summed E-state index contributed by atoms with van der Waals surface area (Å²) in [5.41, 5.74) is 7.22. The molecule has 100 valence electrons. The molecular formula is C14H20BrClN2. The van der Waals surface area contributed by atoms with E-state index in [1.807, 2.05) is 12.1 Å². The summed E-state index contributed by atoms with van der Waals surface area (Å²) < 4.78 is 0.942. The number of nitrogens with zero attached hydrogens (tertiary/aromatic N) is 1. The number of hydrogen-bond donors (Lipinski definition) is 1. The van der Waals surface area contributed by atoms with Crippen LogP contribution in [0.15, 0.2) is 22.7 Å². The molecule has 0 bridgehead atoms. The molecule has 0 spiro atoms. The first-order valence-electron chi connectivity index (χ1n) is 6.58. The van der Waals surface area contributed by atoms with E-state index >= 15 is 0 Å². The van der Waals surface area contributed by atoms with Gasteiger partial charge in [-0.05, 0) is 59.4 Å². The molecule has 4 heteroatoms. The van der Waals surface area contributed by atoms with Crippen molar-refractivity contribution in [3.05, 3.63) is 33.3 Å². The van der Waals surface area contributed by atoms with Gasteiger partial charge < -0.3 is 5.73 Å². The zero-order valence-corrected chi connectivity index (χ0v) is 13.0. The van der Waals surface area contributed by atoms with Crippen LogP contribution < -0.4 is 5.73 Å². The molecule has 2 rings (SSSR count). The number of halogens is 2. The van der Waals surface area contributed by atoms with Crippen molar-refractivity contribution >= 4 is 27.5 Å². The van der Waals surface area contributed by atoms with Gasteiger partial charge in [0, 0.05) is 23.1 Å². The first-order chi connectivity index (χ1) is 8.67. The smallest absolute Gasteiger partial charge is 0.0551 e. The van der Waals surface area contributed by atoms with E-state index in [2.05, 4.69) is 33.8 Å². The molecule has 18 heavy (non-hydrogen) atoms. The van der Waals surface area contributed by atoms with Gasteiger partial charge in [-0.15, -0.1) is 0 Å². The van der Waals surface area contributed by atoms with Gasteiger partial charge in [0.1, 0.15) is 0 Å². The third-order valence-electron chi connectivity index (χ3n) is 3.85. The van der Waals surface area contributed by atoms with E-state index in [4.69, 9.17) is 17.3 Å².